The molecule has 0 aliphatic carbocycles. The first-order valence-electron chi connectivity index (χ1n) is 6.65. The van der Waals surface area contributed by atoms with Gasteiger partial charge < -0.3 is 9.88 Å². The van der Waals surface area contributed by atoms with E-state index in [0.29, 0.717) is 6.04 Å². The number of aromatic nitrogens is 2. The van der Waals surface area contributed by atoms with Crippen LogP contribution >= 0.6 is 0 Å². The molecule has 1 aliphatic heterocycles. The van der Waals surface area contributed by atoms with Crippen LogP contribution in [0.3, 0.4) is 0 Å². The van der Waals surface area contributed by atoms with Crippen molar-refractivity contribution in [1.82, 2.24) is 9.55 Å². The van der Waals surface area contributed by atoms with Crippen LogP contribution in [0.15, 0.2) is 54.9 Å². The second-order valence-corrected chi connectivity index (χ2v) is 5.04. The van der Waals surface area contributed by atoms with Crippen LogP contribution in [0, 0.1) is 0 Å². The number of hydrogen-bond donors (Lipinski definition) is 1. The van der Waals surface area contributed by atoms with E-state index in [0.717, 1.165) is 18.5 Å². The fraction of sp³-hybridized carbons (Fsp3) is 0.188. The maximum Gasteiger partial charge on any atom is 0.0961 e. The number of benzene rings is 2. The average Bonchev–Trinajstić information content (AvgIpc) is 2.91. The van der Waals surface area contributed by atoms with E-state index in [9.17, 15) is 0 Å². The summed E-state index contributed by atoms with van der Waals surface area (Å²) in [6.07, 6.45) is 3.02. The van der Waals surface area contributed by atoms with Gasteiger partial charge in [0.05, 0.1) is 23.4 Å². The molecule has 2 aromatic carbocycles. The van der Waals surface area contributed by atoms with E-state index < -0.39 is 0 Å². The third-order valence-corrected chi connectivity index (χ3v) is 3.88. The second kappa shape index (κ2) is 4.12. The van der Waals surface area contributed by atoms with E-state index in [4.69, 9.17) is 0 Å². The number of hydrogen-bond acceptors (Lipinski definition) is 2. The molecule has 2 heterocycles. The highest BCUT2D eigenvalue weighted by atomic mass is 15.1. The Balaban J connectivity index is 1.75. The maximum atomic E-state index is 4.49. The Labute approximate surface area is 111 Å². The van der Waals surface area contributed by atoms with Crippen molar-refractivity contribution in [3.05, 3.63) is 60.4 Å². The highest BCUT2D eigenvalue weighted by Gasteiger charge is 2.20. The van der Waals surface area contributed by atoms with Crippen molar-refractivity contribution in [3.8, 4) is 0 Å². The summed E-state index contributed by atoms with van der Waals surface area (Å²) < 4.78 is 2.29. The van der Waals surface area contributed by atoms with Crippen LogP contribution in [0.4, 0.5) is 5.69 Å². The third kappa shape index (κ3) is 1.70. The van der Waals surface area contributed by atoms with Gasteiger partial charge in [0, 0.05) is 12.2 Å². The molecule has 0 spiro atoms. The molecule has 1 atom stereocenters. The minimum absolute atomic E-state index is 0.433. The summed E-state index contributed by atoms with van der Waals surface area (Å²) in [5.41, 5.74) is 4.94. The molecule has 3 heteroatoms. The van der Waals surface area contributed by atoms with Gasteiger partial charge in [-0.1, -0.05) is 30.3 Å². The maximum absolute atomic E-state index is 4.49. The number of rotatable bonds is 1. The average molecular weight is 249 g/mol. The summed E-state index contributed by atoms with van der Waals surface area (Å²) in [5.74, 6) is 0. The molecule has 1 unspecified atom stereocenters. The topological polar surface area (TPSA) is 29.9 Å². The quantitative estimate of drug-likeness (QED) is 0.717. The molecule has 3 nitrogen and oxygen atoms in total. The number of nitrogens with one attached hydrogen (secondary N) is 1. The molecule has 1 N–H and O–H groups in total. The predicted octanol–water partition coefficient (Wildman–Crippen LogP) is 3.25. The highest BCUT2D eigenvalue weighted by Crippen LogP contribution is 2.28. The van der Waals surface area contributed by atoms with Crippen molar-refractivity contribution in [2.45, 2.75) is 12.5 Å². The van der Waals surface area contributed by atoms with E-state index in [-0.39, 0.29) is 0 Å². The Hall–Kier alpha value is -2.29. The molecular formula is C16H15N3. The van der Waals surface area contributed by atoms with Crippen LogP contribution in [0.25, 0.3) is 11.0 Å². The van der Waals surface area contributed by atoms with Crippen LogP contribution in [0.2, 0.25) is 0 Å². The minimum atomic E-state index is 0.433. The lowest BCUT2D eigenvalue weighted by Crippen LogP contribution is -2.25. The number of imidazole rings is 1. The van der Waals surface area contributed by atoms with E-state index in [1.54, 1.807) is 0 Å². The summed E-state index contributed by atoms with van der Waals surface area (Å²) in [4.78, 5) is 4.49. The minimum Gasteiger partial charge on any atom is -0.383 e. The first-order valence-corrected chi connectivity index (χ1v) is 6.65. The van der Waals surface area contributed by atoms with Crippen LogP contribution in [0.5, 0.6) is 0 Å². The molecule has 4 rings (SSSR count). The largest absolute Gasteiger partial charge is 0.383 e. The van der Waals surface area contributed by atoms with Crippen LogP contribution in [0.1, 0.15) is 11.6 Å². The van der Waals surface area contributed by atoms with E-state index in [2.05, 4.69) is 57.3 Å². The van der Waals surface area contributed by atoms with Crippen molar-refractivity contribution in [3.63, 3.8) is 0 Å². The molecular weight excluding hydrogens is 234 g/mol. The van der Waals surface area contributed by atoms with E-state index >= 15 is 0 Å². The van der Waals surface area contributed by atoms with Gasteiger partial charge in [-0.05, 0) is 30.2 Å². The van der Waals surface area contributed by atoms with Crippen molar-refractivity contribution >= 4 is 16.7 Å². The standard InChI is InChI=1S/C16H15N3/c1-2-6-14-12(5-1)9-13(10-17-14)19-11-18-15-7-3-4-8-16(15)19/h1-8,11,13,17H,9-10H2. The van der Waals surface area contributed by atoms with Gasteiger partial charge in [-0.2, -0.15) is 0 Å². The first kappa shape index (κ1) is 10.6. The third-order valence-electron chi connectivity index (χ3n) is 3.88. The molecule has 1 aliphatic rings. The van der Waals surface area contributed by atoms with Gasteiger partial charge in [-0.3, -0.25) is 0 Å². The summed E-state index contributed by atoms with van der Waals surface area (Å²) in [7, 11) is 0. The molecule has 94 valence electrons. The van der Waals surface area contributed by atoms with E-state index in [1.165, 1.54) is 16.8 Å². The lowest BCUT2D eigenvalue weighted by atomic mass is 9.99. The van der Waals surface area contributed by atoms with Crippen molar-refractivity contribution in [2.75, 3.05) is 11.9 Å². The van der Waals surface area contributed by atoms with Gasteiger partial charge in [0.25, 0.3) is 0 Å². The Morgan fingerprint density at radius 3 is 2.89 bits per heavy atom. The zero-order valence-electron chi connectivity index (χ0n) is 10.6. The first-order chi connectivity index (χ1) is 9.42. The van der Waals surface area contributed by atoms with Crippen LogP contribution in [-0.2, 0) is 6.42 Å². The molecule has 19 heavy (non-hydrogen) atoms. The zero-order valence-corrected chi connectivity index (χ0v) is 10.6. The monoisotopic (exact) mass is 249 g/mol. The normalized spacial score (nSPS) is 18.0. The Bertz CT molecular complexity index is 729. The van der Waals surface area contributed by atoms with Gasteiger partial charge in [-0.15, -0.1) is 0 Å². The fourth-order valence-electron chi connectivity index (χ4n) is 2.89. The molecule has 0 amide bonds. The smallest absolute Gasteiger partial charge is 0.0961 e. The second-order valence-electron chi connectivity index (χ2n) is 5.04. The van der Waals surface area contributed by atoms with Crippen LogP contribution < -0.4 is 5.32 Å². The zero-order chi connectivity index (χ0) is 12.7. The predicted molar refractivity (Wildman–Crippen MR) is 77.4 cm³/mol. The van der Waals surface area contributed by atoms with Crippen molar-refractivity contribution < 1.29 is 0 Å². The lowest BCUT2D eigenvalue weighted by Gasteiger charge is -2.27. The van der Waals surface area contributed by atoms with Gasteiger partial charge in [-0.25, -0.2) is 4.98 Å². The summed E-state index contributed by atoms with van der Waals surface area (Å²) in [5, 5.41) is 3.52. The van der Waals surface area contributed by atoms with Gasteiger partial charge in [0.15, 0.2) is 0 Å². The Morgan fingerprint density at radius 1 is 1.05 bits per heavy atom. The van der Waals surface area contributed by atoms with Crippen molar-refractivity contribution in [2.24, 2.45) is 0 Å². The molecule has 0 fully saturated rings. The van der Waals surface area contributed by atoms with Gasteiger partial charge in [0.2, 0.25) is 0 Å². The SMILES string of the molecule is c1ccc2c(c1)CC(n1cnc3ccccc31)CN2. The van der Waals surface area contributed by atoms with Crippen LogP contribution in [-0.4, -0.2) is 16.1 Å². The lowest BCUT2D eigenvalue weighted by molar-refractivity contribution is 0.523. The number of nitrogens with zero attached hydrogens (tertiary/aromatic N) is 2. The number of anilines is 1. The van der Waals surface area contributed by atoms with Crippen molar-refractivity contribution in [1.29, 1.82) is 0 Å². The number of fused-ring (bicyclic) bond motifs is 2. The number of para-hydroxylation sites is 3. The summed E-state index contributed by atoms with van der Waals surface area (Å²) in [6, 6.07) is 17.3. The summed E-state index contributed by atoms with van der Waals surface area (Å²) >= 11 is 0. The molecule has 1 aromatic heterocycles. The molecule has 0 radical (unpaired) electrons. The molecule has 0 bridgehead atoms. The van der Waals surface area contributed by atoms with E-state index in [1.807, 2.05) is 12.4 Å². The van der Waals surface area contributed by atoms with Gasteiger partial charge in [0.1, 0.15) is 0 Å². The Kier molecular flexibility index (Phi) is 2.30. The molecule has 0 saturated heterocycles. The molecule has 3 aromatic rings. The fourth-order valence-corrected chi connectivity index (χ4v) is 2.89. The molecule has 0 saturated carbocycles. The Morgan fingerprint density at radius 2 is 1.89 bits per heavy atom. The summed E-state index contributed by atoms with van der Waals surface area (Å²) in [6.45, 7) is 0.956. The highest BCUT2D eigenvalue weighted by molar-refractivity contribution is 5.75. The van der Waals surface area contributed by atoms with Gasteiger partial charge >= 0.3 is 0 Å².